The largest absolute Gasteiger partial charge is 0.496 e. The van der Waals surface area contributed by atoms with Crippen LogP contribution in [0, 0.1) is 6.92 Å². The lowest BCUT2D eigenvalue weighted by Crippen LogP contribution is -2.30. The van der Waals surface area contributed by atoms with E-state index in [1.54, 1.807) is 14.2 Å². The Hall–Kier alpha value is -1.06. The van der Waals surface area contributed by atoms with Crippen LogP contribution in [-0.2, 0) is 4.74 Å². The molecule has 0 amide bonds. The Labute approximate surface area is 104 Å². The van der Waals surface area contributed by atoms with Gasteiger partial charge in [0.2, 0.25) is 0 Å². The Morgan fingerprint density at radius 2 is 2.00 bits per heavy atom. The summed E-state index contributed by atoms with van der Waals surface area (Å²) in [5.74, 6) is 0.908. The molecule has 2 atom stereocenters. The molecule has 0 radical (unpaired) electrons. The van der Waals surface area contributed by atoms with Gasteiger partial charge in [0, 0.05) is 12.7 Å². The molecule has 0 saturated carbocycles. The molecule has 96 valence electrons. The van der Waals surface area contributed by atoms with Crippen LogP contribution in [0.15, 0.2) is 18.2 Å². The molecule has 0 aromatic heterocycles. The van der Waals surface area contributed by atoms with E-state index >= 15 is 0 Å². The Morgan fingerprint density at radius 1 is 1.29 bits per heavy atom. The highest BCUT2D eigenvalue weighted by atomic mass is 16.5. The molecule has 0 saturated heterocycles. The van der Waals surface area contributed by atoms with Gasteiger partial charge in [-0.3, -0.25) is 0 Å². The van der Waals surface area contributed by atoms with Gasteiger partial charge in [-0.05, 0) is 26.5 Å². The van der Waals surface area contributed by atoms with Crippen LogP contribution in [0.4, 0.5) is 0 Å². The summed E-state index contributed by atoms with van der Waals surface area (Å²) in [6.07, 6.45) is 1.11. The topological polar surface area (TPSA) is 30.5 Å². The normalized spacial score (nSPS) is 14.4. The van der Waals surface area contributed by atoms with Crippen LogP contribution in [0.3, 0.4) is 0 Å². The van der Waals surface area contributed by atoms with Crippen molar-refractivity contribution in [1.29, 1.82) is 0 Å². The fraction of sp³-hybridized carbons (Fsp3) is 0.571. The highest BCUT2D eigenvalue weighted by molar-refractivity contribution is 5.39. The number of rotatable bonds is 6. The maximum atomic E-state index is 5.53. The van der Waals surface area contributed by atoms with Crippen molar-refractivity contribution in [3.05, 3.63) is 29.3 Å². The minimum absolute atomic E-state index is 0.149. The van der Waals surface area contributed by atoms with Gasteiger partial charge in [-0.1, -0.05) is 24.6 Å². The third kappa shape index (κ3) is 3.20. The SMILES string of the molecule is CCC(OC)C(NC)c1cc(C)ccc1OC. The molecule has 0 heterocycles. The van der Waals surface area contributed by atoms with Crippen molar-refractivity contribution in [1.82, 2.24) is 5.32 Å². The molecule has 0 aliphatic carbocycles. The molecule has 0 spiro atoms. The molecule has 3 nitrogen and oxygen atoms in total. The van der Waals surface area contributed by atoms with Crippen LogP contribution >= 0.6 is 0 Å². The summed E-state index contributed by atoms with van der Waals surface area (Å²) in [4.78, 5) is 0. The van der Waals surface area contributed by atoms with Gasteiger partial charge in [-0.2, -0.15) is 0 Å². The van der Waals surface area contributed by atoms with E-state index in [1.807, 2.05) is 13.1 Å². The summed E-state index contributed by atoms with van der Waals surface area (Å²) in [6, 6.07) is 6.38. The first-order chi connectivity index (χ1) is 8.17. The lowest BCUT2D eigenvalue weighted by molar-refractivity contribution is 0.0667. The third-order valence-corrected chi connectivity index (χ3v) is 3.11. The maximum Gasteiger partial charge on any atom is 0.123 e. The van der Waals surface area contributed by atoms with E-state index in [-0.39, 0.29) is 12.1 Å². The maximum absolute atomic E-state index is 5.53. The highest BCUT2D eigenvalue weighted by Crippen LogP contribution is 2.30. The molecular formula is C14H23NO2. The number of hydrogen-bond acceptors (Lipinski definition) is 3. The van der Waals surface area contributed by atoms with Gasteiger partial charge in [0.25, 0.3) is 0 Å². The Balaban J connectivity index is 3.13. The molecule has 2 unspecified atom stereocenters. The molecule has 1 aromatic rings. The van der Waals surface area contributed by atoms with E-state index in [2.05, 4.69) is 31.3 Å². The minimum Gasteiger partial charge on any atom is -0.496 e. The number of likely N-dealkylation sites (N-methyl/N-ethyl adjacent to an activating group) is 1. The first kappa shape index (κ1) is 14.0. The second-order valence-electron chi connectivity index (χ2n) is 4.19. The summed E-state index contributed by atoms with van der Waals surface area (Å²) in [5.41, 5.74) is 2.38. The zero-order valence-electron chi connectivity index (χ0n) is 11.4. The average molecular weight is 237 g/mol. The van der Waals surface area contributed by atoms with Crippen molar-refractivity contribution in [2.75, 3.05) is 21.3 Å². The molecule has 17 heavy (non-hydrogen) atoms. The summed E-state index contributed by atoms with van der Waals surface area (Å²) < 4.78 is 11.0. The van der Waals surface area contributed by atoms with Crippen molar-refractivity contribution in [2.45, 2.75) is 32.4 Å². The van der Waals surface area contributed by atoms with E-state index < -0.39 is 0 Å². The lowest BCUT2D eigenvalue weighted by atomic mass is 9.97. The van der Waals surface area contributed by atoms with Crippen LogP contribution in [0.1, 0.15) is 30.5 Å². The van der Waals surface area contributed by atoms with Gasteiger partial charge in [-0.15, -0.1) is 0 Å². The molecule has 3 heteroatoms. The van der Waals surface area contributed by atoms with Crippen LogP contribution in [0.25, 0.3) is 0 Å². The van der Waals surface area contributed by atoms with Crippen molar-refractivity contribution in [2.24, 2.45) is 0 Å². The van der Waals surface area contributed by atoms with Crippen molar-refractivity contribution in [3.63, 3.8) is 0 Å². The zero-order valence-corrected chi connectivity index (χ0v) is 11.4. The number of nitrogens with one attached hydrogen (secondary N) is 1. The highest BCUT2D eigenvalue weighted by Gasteiger charge is 2.23. The van der Waals surface area contributed by atoms with Crippen molar-refractivity contribution in [3.8, 4) is 5.75 Å². The fourth-order valence-electron chi connectivity index (χ4n) is 2.18. The Kier molecular flexibility index (Phi) is 5.45. The zero-order chi connectivity index (χ0) is 12.8. The standard InChI is InChI=1S/C14H23NO2/c1-6-12(16-4)14(15-3)11-9-10(2)7-8-13(11)17-5/h7-9,12,14-15H,6H2,1-5H3. The Bertz CT molecular complexity index is 348. The second-order valence-corrected chi connectivity index (χ2v) is 4.19. The van der Waals surface area contributed by atoms with E-state index in [0.717, 1.165) is 17.7 Å². The molecule has 1 rings (SSSR count). The number of methoxy groups -OCH3 is 2. The number of hydrogen-bond donors (Lipinski definition) is 1. The van der Waals surface area contributed by atoms with E-state index in [1.165, 1.54) is 5.56 Å². The third-order valence-electron chi connectivity index (χ3n) is 3.11. The van der Waals surface area contributed by atoms with Gasteiger partial charge < -0.3 is 14.8 Å². The first-order valence-corrected chi connectivity index (χ1v) is 6.02. The van der Waals surface area contributed by atoms with E-state index in [0.29, 0.717) is 0 Å². The second kappa shape index (κ2) is 6.62. The van der Waals surface area contributed by atoms with Gasteiger partial charge in [0.1, 0.15) is 5.75 Å². The lowest BCUT2D eigenvalue weighted by Gasteiger charge is -2.26. The van der Waals surface area contributed by atoms with Crippen molar-refractivity contribution < 1.29 is 9.47 Å². The number of aryl methyl sites for hydroxylation is 1. The van der Waals surface area contributed by atoms with Crippen LogP contribution < -0.4 is 10.1 Å². The molecule has 0 aliphatic heterocycles. The summed E-state index contributed by atoms with van der Waals surface area (Å²) in [7, 11) is 5.41. The summed E-state index contributed by atoms with van der Waals surface area (Å²) in [6.45, 7) is 4.21. The van der Waals surface area contributed by atoms with E-state index in [9.17, 15) is 0 Å². The van der Waals surface area contributed by atoms with E-state index in [4.69, 9.17) is 9.47 Å². The van der Waals surface area contributed by atoms with Crippen LogP contribution in [0.5, 0.6) is 5.75 Å². The number of benzene rings is 1. The molecule has 1 aromatic carbocycles. The molecule has 0 aliphatic rings. The molecular weight excluding hydrogens is 214 g/mol. The smallest absolute Gasteiger partial charge is 0.123 e. The number of ether oxygens (including phenoxy) is 2. The average Bonchev–Trinajstić information content (AvgIpc) is 2.35. The van der Waals surface area contributed by atoms with Gasteiger partial charge >= 0.3 is 0 Å². The predicted octanol–water partition coefficient (Wildman–Crippen LogP) is 2.69. The Morgan fingerprint density at radius 3 is 2.47 bits per heavy atom. The van der Waals surface area contributed by atoms with Crippen LogP contribution in [-0.4, -0.2) is 27.4 Å². The quantitative estimate of drug-likeness (QED) is 0.825. The van der Waals surface area contributed by atoms with Gasteiger partial charge in [0.15, 0.2) is 0 Å². The monoisotopic (exact) mass is 237 g/mol. The first-order valence-electron chi connectivity index (χ1n) is 6.02. The molecule has 0 bridgehead atoms. The fourth-order valence-corrected chi connectivity index (χ4v) is 2.18. The molecule has 1 N–H and O–H groups in total. The summed E-state index contributed by atoms with van der Waals surface area (Å²) >= 11 is 0. The van der Waals surface area contributed by atoms with Crippen LogP contribution in [0.2, 0.25) is 0 Å². The minimum atomic E-state index is 0.149. The molecule has 0 fully saturated rings. The predicted molar refractivity (Wildman–Crippen MR) is 70.6 cm³/mol. The van der Waals surface area contributed by atoms with Crippen molar-refractivity contribution >= 4 is 0 Å². The van der Waals surface area contributed by atoms with Gasteiger partial charge in [-0.25, -0.2) is 0 Å². The summed E-state index contributed by atoms with van der Waals surface area (Å²) in [5, 5.41) is 3.32. The van der Waals surface area contributed by atoms with Gasteiger partial charge in [0.05, 0.1) is 19.3 Å².